The second-order valence-corrected chi connectivity index (χ2v) is 8.31. The number of rotatable bonds is 3. The molecule has 3 aromatic rings. The Morgan fingerprint density at radius 2 is 1.95 bits per heavy atom. The number of thiophene rings is 1. The molecule has 8 heteroatoms. The van der Waals surface area contributed by atoms with Gasteiger partial charge in [0.05, 0.1) is 4.34 Å². The van der Waals surface area contributed by atoms with Crippen molar-refractivity contribution in [2.45, 2.75) is 11.8 Å². The van der Waals surface area contributed by atoms with E-state index in [0.29, 0.717) is 5.52 Å². The molecule has 0 spiro atoms. The summed E-state index contributed by atoms with van der Waals surface area (Å²) in [7, 11) is -4.07. The third kappa shape index (κ3) is 2.92. The molecule has 0 amide bonds. The second kappa shape index (κ2) is 5.70. The van der Waals surface area contributed by atoms with Gasteiger partial charge in [-0.1, -0.05) is 41.4 Å². The molecular weight excluding hydrogens is 365 g/mol. The molecule has 0 saturated heterocycles. The summed E-state index contributed by atoms with van der Waals surface area (Å²) in [5, 5.41) is 0.785. The SMILES string of the molecule is Cc1ccc2cccc(OS(=O)(=O)c3cc(Cl)sc3Cl)c2n1. The zero-order chi connectivity index (χ0) is 15.9. The van der Waals surface area contributed by atoms with Gasteiger partial charge in [-0.05, 0) is 25.1 Å². The van der Waals surface area contributed by atoms with Gasteiger partial charge in [0.15, 0.2) is 5.75 Å². The normalized spacial score (nSPS) is 11.8. The van der Waals surface area contributed by atoms with E-state index >= 15 is 0 Å². The first-order chi connectivity index (χ1) is 10.4. The largest absolute Gasteiger partial charge is 0.377 e. The number of fused-ring (bicyclic) bond motifs is 1. The molecule has 0 atom stereocenters. The van der Waals surface area contributed by atoms with E-state index in [1.54, 1.807) is 12.1 Å². The molecule has 0 fully saturated rings. The average molecular weight is 374 g/mol. The van der Waals surface area contributed by atoms with Crippen molar-refractivity contribution >= 4 is 55.6 Å². The van der Waals surface area contributed by atoms with Crippen LogP contribution >= 0.6 is 34.5 Å². The maximum absolute atomic E-state index is 12.4. The number of pyridine rings is 1. The molecule has 22 heavy (non-hydrogen) atoms. The van der Waals surface area contributed by atoms with Crippen LogP contribution < -0.4 is 4.18 Å². The molecule has 0 radical (unpaired) electrons. The molecule has 0 bridgehead atoms. The topological polar surface area (TPSA) is 56.3 Å². The molecule has 0 saturated carbocycles. The van der Waals surface area contributed by atoms with Crippen LogP contribution in [0.15, 0.2) is 41.3 Å². The van der Waals surface area contributed by atoms with E-state index in [4.69, 9.17) is 27.4 Å². The fourth-order valence-corrected chi connectivity index (χ4v) is 4.99. The molecule has 4 nitrogen and oxygen atoms in total. The lowest BCUT2D eigenvalue weighted by atomic mass is 10.2. The number of halogens is 2. The number of aryl methyl sites for hydroxylation is 1. The van der Waals surface area contributed by atoms with E-state index in [2.05, 4.69) is 4.98 Å². The number of para-hydroxylation sites is 1. The number of hydrogen-bond donors (Lipinski definition) is 0. The summed E-state index contributed by atoms with van der Waals surface area (Å²) in [6, 6.07) is 10.0. The van der Waals surface area contributed by atoms with E-state index in [1.807, 2.05) is 25.1 Å². The van der Waals surface area contributed by atoms with E-state index < -0.39 is 10.1 Å². The number of nitrogens with zero attached hydrogens (tertiary/aromatic N) is 1. The van der Waals surface area contributed by atoms with Gasteiger partial charge in [0, 0.05) is 11.1 Å². The van der Waals surface area contributed by atoms with Crippen molar-refractivity contribution in [3.63, 3.8) is 0 Å². The standard InChI is InChI=1S/C14H9Cl2NO3S2/c1-8-5-6-9-3-2-4-10(13(9)17-8)20-22(18,19)11-7-12(15)21-14(11)16/h2-7H,1H3. The Balaban J connectivity index is 2.10. The lowest BCUT2D eigenvalue weighted by molar-refractivity contribution is 0.488. The predicted octanol–water partition coefficient (Wildman–Crippen LogP) is 4.68. The minimum absolute atomic E-state index is 0.0642. The summed E-state index contributed by atoms with van der Waals surface area (Å²) in [5.74, 6) is 0.152. The first-order valence-electron chi connectivity index (χ1n) is 6.12. The smallest absolute Gasteiger partial charge is 0.341 e. The molecule has 2 heterocycles. The Morgan fingerprint density at radius 3 is 2.64 bits per heavy atom. The van der Waals surface area contributed by atoms with Crippen LogP contribution in [0.1, 0.15) is 5.69 Å². The third-order valence-electron chi connectivity index (χ3n) is 2.92. The maximum Gasteiger partial charge on any atom is 0.341 e. The maximum atomic E-state index is 12.4. The quantitative estimate of drug-likeness (QED) is 0.625. The molecule has 0 aliphatic heterocycles. The summed E-state index contributed by atoms with van der Waals surface area (Å²) in [6.45, 7) is 1.82. The Morgan fingerprint density at radius 1 is 1.18 bits per heavy atom. The average Bonchev–Trinajstić information content (AvgIpc) is 2.79. The highest BCUT2D eigenvalue weighted by atomic mass is 35.5. The first kappa shape index (κ1) is 15.6. The van der Waals surface area contributed by atoms with Crippen LogP contribution in [0.3, 0.4) is 0 Å². The molecule has 2 aromatic heterocycles. The third-order valence-corrected chi connectivity index (χ3v) is 5.91. The van der Waals surface area contributed by atoms with E-state index in [-0.39, 0.29) is 19.3 Å². The van der Waals surface area contributed by atoms with Crippen molar-refractivity contribution in [2.75, 3.05) is 0 Å². The zero-order valence-electron chi connectivity index (χ0n) is 11.2. The van der Waals surface area contributed by atoms with E-state index in [9.17, 15) is 8.42 Å². The number of hydrogen-bond acceptors (Lipinski definition) is 5. The summed E-state index contributed by atoms with van der Waals surface area (Å²) in [6.07, 6.45) is 0. The van der Waals surface area contributed by atoms with Crippen LogP contribution in [0.5, 0.6) is 5.75 Å². The van der Waals surface area contributed by atoms with E-state index in [1.165, 1.54) is 6.07 Å². The fourth-order valence-electron chi connectivity index (χ4n) is 1.94. The van der Waals surface area contributed by atoms with Gasteiger partial charge in [-0.3, -0.25) is 0 Å². The monoisotopic (exact) mass is 373 g/mol. The summed E-state index contributed by atoms with van der Waals surface area (Å²) in [5.41, 5.74) is 1.24. The van der Waals surface area contributed by atoms with Gasteiger partial charge in [0.1, 0.15) is 14.7 Å². The number of aromatic nitrogens is 1. The van der Waals surface area contributed by atoms with Crippen molar-refractivity contribution in [1.82, 2.24) is 4.98 Å². The minimum Gasteiger partial charge on any atom is -0.377 e. The van der Waals surface area contributed by atoms with Gasteiger partial charge in [0.25, 0.3) is 0 Å². The van der Waals surface area contributed by atoms with Crippen LogP contribution in [-0.4, -0.2) is 13.4 Å². The molecule has 0 aliphatic carbocycles. The lowest BCUT2D eigenvalue weighted by Crippen LogP contribution is -2.09. The summed E-state index contributed by atoms with van der Waals surface area (Å²) < 4.78 is 30.3. The summed E-state index contributed by atoms with van der Waals surface area (Å²) >= 11 is 12.7. The zero-order valence-corrected chi connectivity index (χ0v) is 14.4. The Kier molecular flexibility index (Phi) is 4.03. The van der Waals surface area contributed by atoms with Crippen LogP contribution in [0.2, 0.25) is 8.67 Å². The molecule has 1 aromatic carbocycles. The molecule has 0 unspecified atom stereocenters. The molecule has 114 valence electrons. The van der Waals surface area contributed by atoms with Gasteiger partial charge < -0.3 is 4.18 Å². The highest BCUT2D eigenvalue weighted by Crippen LogP contribution is 2.36. The lowest BCUT2D eigenvalue weighted by Gasteiger charge is -2.08. The van der Waals surface area contributed by atoms with Crippen molar-refractivity contribution in [1.29, 1.82) is 0 Å². The van der Waals surface area contributed by atoms with Gasteiger partial charge in [-0.2, -0.15) is 8.42 Å². The number of benzene rings is 1. The Hall–Kier alpha value is -1.34. The van der Waals surface area contributed by atoms with Crippen LogP contribution in [0.4, 0.5) is 0 Å². The van der Waals surface area contributed by atoms with Crippen molar-refractivity contribution < 1.29 is 12.6 Å². The molecule has 0 aliphatic rings. The van der Waals surface area contributed by atoms with Crippen LogP contribution in [-0.2, 0) is 10.1 Å². The van der Waals surface area contributed by atoms with Gasteiger partial charge in [0.2, 0.25) is 0 Å². The predicted molar refractivity (Wildman–Crippen MR) is 88.6 cm³/mol. The van der Waals surface area contributed by atoms with Crippen LogP contribution in [0.25, 0.3) is 10.9 Å². The van der Waals surface area contributed by atoms with Crippen molar-refractivity contribution in [3.05, 3.63) is 50.8 Å². The van der Waals surface area contributed by atoms with Crippen LogP contribution in [0, 0.1) is 6.92 Å². The summed E-state index contributed by atoms with van der Waals surface area (Å²) in [4.78, 5) is 4.19. The molecule has 3 rings (SSSR count). The van der Waals surface area contributed by atoms with Gasteiger partial charge in [-0.15, -0.1) is 11.3 Å². The van der Waals surface area contributed by atoms with E-state index in [0.717, 1.165) is 22.4 Å². The van der Waals surface area contributed by atoms with Gasteiger partial charge in [-0.25, -0.2) is 4.98 Å². The first-order valence-corrected chi connectivity index (χ1v) is 9.10. The Bertz CT molecular complexity index is 967. The highest BCUT2D eigenvalue weighted by Gasteiger charge is 2.24. The molecular formula is C14H9Cl2NO3S2. The fraction of sp³-hybridized carbons (Fsp3) is 0.0714. The van der Waals surface area contributed by atoms with Crippen molar-refractivity contribution in [3.8, 4) is 5.75 Å². The van der Waals surface area contributed by atoms with Gasteiger partial charge >= 0.3 is 10.1 Å². The minimum atomic E-state index is -4.07. The second-order valence-electron chi connectivity index (χ2n) is 4.51. The highest BCUT2D eigenvalue weighted by molar-refractivity contribution is 7.87. The molecule has 0 N–H and O–H groups in total. The van der Waals surface area contributed by atoms with Crippen molar-refractivity contribution in [2.24, 2.45) is 0 Å². The Labute approximate surface area is 141 Å².